The highest BCUT2D eigenvalue weighted by Gasteiger charge is 2.26. The molecular weight excluding hydrogens is 328 g/mol. The second kappa shape index (κ2) is 5.89. The number of aromatic nitrogens is 2. The van der Waals surface area contributed by atoms with E-state index in [0.29, 0.717) is 27.0 Å². The Hall–Kier alpha value is -3.00. The quantitative estimate of drug-likeness (QED) is 0.703. The molecule has 0 bridgehead atoms. The minimum Gasteiger partial charge on any atom is -0.465 e. The number of hydrogen-bond acceptors (Lipinski definition) is 7. The van der Waals surface area contributed by atoms with E-state index in [0.717, 1.165) is 16.9 Å². The van der Waals surface area contributed by atoms with E-state index < -0.39 is 11.9 Å². The summed E-state index contributed by atoms with van der Waals surface area (Å²) in [5.41, 5.74) is 13.8. The summed E-state index contributed by atoms with van der Waals surface area (Å²) in [4.78, 5) is 33.1. The molecular formula is C16H14N4O3S. The molecule has 0 atom stereocenters. The Morgan fingerprint density at radius 1 is 1.25 bits per heavy atom. The van der Waals surface area contributed by atoms with Crippen molar-refractivity contribution in [2.45, 2.75) is 6.92 Å². The SMILES string of the molecule is COC(=O)c1c(C)nc2sc(C(N)=O)c(N)c2c1-c1ccncc1. The molecule has 0 spiro atoms. The maximum absolute atomic E-state index is 12.3. The summed E-state index contributed by atoms with van der Waals surface area (Å²) in [5, 5.41) is 0.519. The van der Waals surface area contributed by atoms with Gasteiger partial charge in [0.25, 0.3) is 5.91 Å². The maximum atomic E-state index is 12.3. The van der Waals surface area contributed by atoms with Crippen LogP contribution < -0.4 is 11.5 Å². The molecule has 0 unspecified atom stereocenters. The number of pyridine rings is 2. The van der Waals surface area contributed by atoms with Crippen LogP contribution in [0, 0.1) is 6.92 Å². The van der Waals surface area contributed by atoms with Crippen molar-refractivity contribution in [2.24, 2.45) is 5.73 Å². The van der Waals surface area contributed by atoms with Crippen LogP contribution in [0.25, 0.3) is 21.3 Å². The number of rotatable bonds is 3. The van der Waals surface area contributed by atoms with E-state index in [-0.39, 0.29) is 10.6 Å². The number of primary amides is 1. The Morgan fingerprint density at radius 3 is 2.50 bits per heavy atom. The number of nitrogens with two attached hydrogens (primary N) is 2. The van der Waals surface area contributed by atoms with Gasteiger partial charge in [0.05, 0.1) is 24.1 Å². The highest BCUT2D eigenvalue weighted by atomic mass is 32.1. The molecule has 7 nitrogen and oxygen atoms in total. The largest absolute Gasteiger partial charge is 0.465 e. The van der Waals surface area contributed by atoms with Gasteiger partial charge in [0.15, 0.2) is 0 Å². The summed E-state index contributed by atoms with van der Waals surface area (Å²) in [5.74, 6) is -1.16. The molecule has 3 aromatic heterocycles. The van der Waals surface area contributed by atoms with Crippen LogP contribution in [0.15, 0.2) is 24.5 Å². The lowest BCUT2D eigenvalue weighted by Gasteiger charge is -2.12. The van der Waals surface area contributed by atoms with Crippen molar-refractivity contribution in [3.05, 3.63) is 40.7 Å². The number of nitrogen functional groups attached to an aromatic ring is 1. The van der Waals surface area contributed by atoms with Gasteiger partial charge in [-0.2, -0.15) is 0 Å². The zero-order valence-electron chi connectivity index (χ0n) is 13.0. The third-order valence-corrected chi connectivity index (χ3v) is 4.75. The molecule has 0 saturated carbocycles. The number of thiophene rings is 1. The molecule has 24 heavy (non-hydrogen) atoms. The van der Waals surface area contributed by atoms with Crippen molar-refractivity contribution < 1.29 is 14.3 Å². The highest BCUT2D eigenvalue weighted by molar-refractivity contribution is 7.21. The van der Waals surface area contributed by atoms with Crippen LogP contribution in [0.1, 0.15) is 25.7 Å². The lowest BCUT2D eigenvalue weighted by atomic mass is 9.96. The van der Waals surface area contributed by atoms with Gasteiger partial charge in [0.2, 0.25) is 0 Å². The first kappa shape index (κ1) is 15.9. The van der Waals surface area contributed by atoms with Gasteiger partial charge in [-0.1, -0.05) is 0 Å². The topological polar surface area (TPSA) is 121 Å². The number of fused-ring (bicyclic) bond motifs is 1. The van der Waals surface area contributed by atoms with Gasteiger partial charge in [0.1, 0.15) is 9.71 Å². The molecule has 3 rings (SSSR count). The van der Waals surface area contributed by atoms with Crippen molar-refractivity contribution >= 4 is 39.1 Å². The molecule has 0 aliphatic rings. The van der Waals surface area contributed by atoms with Gasteiger partial charge in [-0.3, -0.25) is 9.78 Å². The van der Waals surface area contributed by atoms with Crippen LogP contribution in [-0.4, -0.2) is 29.0 Å². The number of nitrogens with zero attached hydrogens (tertiary/aromatic N) is 2. The van der Waals surface area contributed by atoms with E-state index >= 15 is 0 Å². The fourth-order valence-corrected chi connectivity index (χ4v) is 3.61. The number of hydrogen-bond donors (Lipinski definition) is 2. The van der Waals surface area contributed by atoms with E-state index in [1.165, 1.54) is 7.11 Å². The van der Waals surface area contributed by atoms with Gasteiger partial charge in [-0.25, -0.2) is 9.78 Å². The summed E-state index contributed by atoms with van der Waals surface area (Å²) in [6, 6.07) is 3.50. The normalized spacial score (nSPS) is 10.8. The minimum atomic E-state index is -0.631. The summed E-state index contributed by atoms with van der Waals surface area (Å²) < 4.78 is 4.90. The Kier molecular flexibility index (Phi) is 3.90. The maximum Gasteiger partial charge on any atom is 0.340 e. The molecule has 0 aliphatic carbocycles. The third-order valence-electron chi connectivity index (χ3n) is 3.64. The van der Waals surface area contributed by atoms with Crippen molar-refractivity contribution in [3.8, 4) is 11.1 Å². The molecule has 3 aromatic rings. The first-order valence-electron chi connectivity index (χ1n) is 6.96. The number of carbonyl (C=O) groups is 2. The van der Waals surface area contributed by atoms with Crippen LogP contribution >= 0.6 is 11.3 Å². The zero-order valence-corrected chi connectivity index (χ0v) is 13.8. The third kappa shape index (κ3) is 2.37. The van der Waals surface area contributed by atoms with Crippen LogP contribution in [0.3, 0.4) is 0 Å². The zero-order chi connectivity index (χ0) is 17.4. The summed E-state index contributed by atoms with van der Waals surface area (Å²) in [6.45, 7) is 1.70. The van der Waals surface area contributed by atoms with Gasteiger partial charge in [0, 0.05) is 23.3 Å². The van der Waals surface area contributed by atoms with Gasteiger partial charge >= 0.3 is 5.97 Å². The number of amides is 1. The average Bonchev–Trinajstić information content (AvgIpc) is 2.90. The number of methoxy groups -OCH3 is 1. The van der Waals surface area contributed by atoms with Crippen LogP contribution in [0.5, 0.6) is 0 Å². The van der Waals surface area contributed by atoms with Crippen molar-refractivity contribution in [1.82, 2.24) is 9.97 Å². The molecule has 4 N–H and O–H groups in total. The summed E-state index contributed by atoms with van der Waals surface area (Å²) in [6.07, 6.45) is 3.21. The molecule has 8 heteroatoms. The first-order chi connectivity index (χ1) is 11.5. The molecule has 3 heterocycles. The predicted molar refractivity (Wildman–Crippen MR) is 91.9 cm³/mol. The molecule has 122 valence electrons. The van der Waals surface area contributed by atoms with Crippen LogP contribution in [0.2, 0.25) is 0 Å². The first-order valence-corrected chi connectivity index (χ1v) is 7.78. The van der Waals surface area contributed by atoms with Crippen molar-refractivity contribution in [3.63, 3.8) is 0 Å². The fourth-order valence-electron chi connectivity index (χ4n) is 2.61. The molecule has 0 fully saturated rings. The van der Waals surface area contributed by atoms with E-state index in [4.69, 9.17) is 16.2 Å². The Morgan fingerprint density at radius 2 is 1.92 bits per heavy atom. The highest BCUT2D eigenvalue weighted by Crippen LogP contribution is 2.41. The lowest BCUT2D eigenvalue weighted by molar-refractivity contribution is 0.0600. The number of esters is 1. The van der Waals surface area contributed by atoms with Crippen LogP contribution in [-0.2, 0) is 4.74 Å². The molecule has 1 amide bonds. The molecule has 0 saturated heterocycles. The smallest absolute Gasteiger partial charge is 0.340 e. The van der Waals surface area contributed by atoms with E-state index in [1.807, 2.05) is 0 Å². The fraction of sp³-hybridized carbons (Fsp3) is 0.125. The Bertz CT molecular complexity index is 967. The van der Waals surface area contributed by atoms with E-state index in [2.05, 4.69) is 9.97 Å². The second-order valence-electron chi connectivity index (χ2n) is 5.06. The van der Waals surface area contributed by atoms with E-state index in [9.17, 15) is 9.59 Å². The minimum absolute atomic E-state index is 0.215. The standard InChI is InChI=1S/C16H14N4O3S/c1-7-9(16(22)23-2)10(8-3-5-19-6-4-8)11-12(17)13(14(18)21)24-15(11)20-7/h3-6H,17H2,1-2H3,(H2,18,21). The van der Waals surface area contributed by atoms with Gasteiger partial charge < -0.3 is 16.2 Å². The predicted octanol–water partition coefficient (Wildman–Crippen LogP) is 2.13. The van der Waals surface area contributed by atoms with Crippen molar-refractivity contribution in [2.75, 3.05) is 12.8 Å². The molecule has 0 radical (unpaired) electrons. The Balaban J connectivity index is 2.51. The lowest BCUT2D eigenvalue weighted by Crippen LogP contribution is -2.11. The summed E-state index contributed by atoms with van der Waals surface area (Å²) in [7, 11) is 1.30. The molecule has 0 aliphatic heterocycles. The van der Waals surface area contributed by atoms with E-state index in [1.54, 1.807) is 31.5 Å². The van der Waals surface area contributed by atoms with Crippen molar-refractivity contribution in [1.29, 1.82) is 0 Å². The number of anilines is 1. The van der Waals surface area contributed by atoms with Crippen LogP contribution in [0.4, 0.5) is 5.69 Å². The molecule has 0 aromatic carbocycles. The monoisotopic (exact) mass is 342 g/mol. The number of carbonyl (C=O) groups excluding carboxylic acids is 2. The number of aryl methyl sites for hydroxylation is 1. The number of ether oxygens (including phenoxy) is 1. The van der Waals surface area contributed by atoms with Gasteiger partial charge in [-0.15, -0.1) is 11.3 Å². The van der Waals surface area contributed by atoms with Gasteiger partial charge in [-0.05, 0) is 24.6 Å². The summed E-state index contributed by atoms with van der Waals surface area (Å²) >= 11 is 1.10. The Labute approximate surface area is 141 Å². The average molecular weight is 342 g/mol. The second-order valence-corrected chi connectivity index (χ2v) is 6.06.